The topological polar surface area (TPSA) is 67.2 Å². The van der Waals surface area contributed by atoms with Gasteiger partial charge in [0.25, 0.3) is 5.91 Å². The van der Waals surface area contributed by atoms with E-state index in [4.69, 9.17) is 0 Å². The summed E-state index contributed by atoms with van der Waals surface area (Å²) in [7, 11) is 0. The molecule has 6 nitrogen and oxygen atoms in total. The lowest BCUT2D eigenvalue weighted by molar-refractivity contribution is -0.117. The van der Waals surface area contributed by atoms with Crippen molar-refractivity contribution < 1.29 is 9.59 Å². The number of nitrogens with one attached hydrogen (secondary N) is 1. The summed E-state index contributed by atoms with van der Waals surface area (Å²) >= 11 is 0. The van der Waals surface area contributed by atoms with Crippen molar-refractivity contribution in [3.8, 4) is 11.1 Å². The largest absolute Gasteiger partial charge is 0.348 e. The summed E-state index contributed by atoms with van der Waals surface area (Å²) in [6, 6.07) is 14.1. The monoisotopic (exact) mass is 402 g/mol. The van der Waals surface area contributed by atoms with E-state index in [0.717, 1.165) is 36.1 Å². The van der Waals surface area contributed by atoms with Crippen molar-refractivity contribution in [3.63, 3.8) is 0 Å². The third-order valence-electron chi connectivity index (χ3n) is 6.09. The molecule has 1 saturated carbocycles. The lowest BCUT2D eigenvalue weighted by Gasteiger charge is -2.14. The van der Waals surface area contributed by atoms with Gasteiger partial charge in [-0.1, -0.05) is 30.3 Å². The molecule has 3 aromatic rings. The van der Waals surface area contributed by atoms with Crippen LogP contribution in [0.15, 0.2) is 48.7 Å². The van der Waals surface area contributed by atoms with Crippen LogP contribution in [-0.4, -0.2) is 52.5 Å². The standard InChI is InChI=1S/C24H26N4O2/c29-23(24(30)25-11-14-27-12-1-2-13-27)18-5-3-17(4-6-18)19-7-10-22-20(15-19)16-26-28(22)21-8-9-21/h3-7,10,15-16,21H,1-2,8-9,11-14H2,(H,25,30). The quantitative estimate of drug-likeness (QED) is 0.486. The molecule has 2 aliphatic rings. The summed E-state index contributed by atoms with van der Waals surface area (Å²) in [5.74, 6) is -1.01. The van der Waals surface area contributed by atoms with Crippen LogP contribution in [0.25, 0.3) is 22.0 Å². The highest BCUT2D eigenvalue weighted by atomic mass is 16.2. The van der Waals surface area contributed by atoms with Gasteiger partial charge >= 0.3 is 0 Å². The number of ketones is 1. The Bertz CT molecular complexity index is 1080. The number of hydrogen-bond acceptors (Lipinski definition) is 4. The molecule has 1 aliphatic carbocycles. The van der Waals surface area contributed by atoms with Gasteiger partial charge in [0.15, 0.2) is 0 Å². The molecule has 0 atom stereocenters. The Labute approximate surface area is 175 Å². The van der Waals surface area contributed by atoms with Gasteiger partial charge in [-0.05, 0) is 62.0 Å². The second-order valence-corrected chi connectivity index (χ2v) is 8.31. The normalized spacial score (nSPS) is 16.8. The predicted molar refractivity (Wildman–Crippen MR) is 116 cm³/mol. The highest BCUT2D eigenvalue weighted by Crippen LogP contribution is 2.37. The molecule has 5 rings (SSSR count). The number of Topliss-reactive ketones (excluding diaryl/α,β-unsaturated/α-hetero) is 1. The van der Waals surface area contributed by atoms with Crippen molar-refractivity contribution in [2.24, 2.45) is 0 Å². The molecule has 0 unspecified atom stereocenters. The van der Waals surface area contributed by atoms with E-state index in [1.54, 1.807) is 12.1 Å². The number of carbonyl (C=O) groups is 2. The first kappa shape index (κ1) is 19.0. The molecule has 0 spiro atoms. The Balaban J connectivity index is 1.23. The number of hydrogen-bond donors (Lipinski definition) is 1. The molecule has 1 aliphatic heterocycles. The van der Waals surface area contributed by atoms with Crippen LogP contribution in [0.2, 0.25) is 0 Å². The van der Waals surface area contributed by atoms with Crippen molar-refractivity contribution >= 4 is 22.6 Å². The molecule has 6 heteroatoms. The lowest BCUT2D eigenvalue weighted by atomic mass is 10.0. The van der Waals surface area contributed by atoms with Crippen LogP contribution in [0, 0.1) is 0 Å². The Morgan fingerprint density at radius 3 is 2.47 bits per heavy atom. The van der Waals surface area contributed by atoms with Crippen LogP contribution in [0.3, 0.4) is 0 Å². The second-order valence-electron chi connectivity index (χ2n) is 8.31. The zero-order valence-corrected chi connectivity index (χ0v) is 17.0. The van der Waals surface area contributed by atoms with E-state index in [0.29, 0.717) is 18.2 Å². The summed E-state index contributed by atoms with van der Waals surface area (Å²) in [6.45, 7) is 3.48. The maximum Gasteiger partial charge on any atom is 0.292 e. The third kappa shape index (κ3) is 3.87. The number of benzene rings is 2. The summed E-state index contributed by atoms with van der Waals surface area (Å²) in [6.07, 6.45) is 6.77. The maximum absolute atomic E-state index is 12.4. The second kappa shape index (κ2) is 8.03. The van der Waals surface area contributed by atoms with Gasteiger partial charge in [-0.25, -0.2) is 0 Å². The zero-order valence-electron chi connectivity index (χ0n) is 17.0. The number of nitrogens with zero attached hydrogens (tertiary/aromatic N) is 3. The van der Waals surface area contributed by atoms with E-state index in [-0.39, 0.29) is 0 Å². The minimum absolute atomic E-state index is 0.417. The zero-order chi connectivity index (χ0) is 20.5. The Morgan fingerprint density at radius 1 is 1.00 bits per heavy atom. The number of rotatable bonds is 7. The average Bonchev–Trinajstić information content (AvgIpc) is 3.32. The van der Waals surface area contributed by atoms with E-state index in [1.807, 2.05) is 18.3 Å². The van der Waals surface area contributed by atoms with E-state index in [1.165, 1.54) is 31.2 Å². The van der Waals surface area contributed by atoms with Gasteiger partial charge in [0.05, 0.1) is 17.8 Å². The van der Waals surface area contributed by atoms with Crippen LogP contribution in [-0.2, 0) is 4.79 Å². The molecule has 2 aromatic carbocycles. The molecule has 30 heavy (non-hydrogen) atoms. The highest BCUT2D eigenvalue weighted by Gasteiger charge is 2.25. The smallest absolute Gasteiger partial charge is 0.292 e. The minimum Gasteiger partial charge on any atom is -0.348 e. The number of carbonyl (C=O) groups excluding carboxylic acids is 2. The van der Waals surface area contributed by atoms with Gasteiger partial charge in [-0.3, -0.25) is 14.3 Å². The highest BCUT2D eigenvalue weighted by molar-refractivity contribution is 6.42. The molecule has 1 amide bonds. The molecule has 0 radical (unpaired) electrons. The van der Waals surface area contributed by atoms with Crippen LogP contribution >= 0.6 is 0 Å². The lowest BCUT2D eigenvalue weighted by Crippen LogP contribution is -2.37. The van der Waals surface area contributed by atoms with Crippen molar-refractivity contribution in [2.75, 3.05) is 26.2 Å². The minimum atomic E-state index is -0.532. The first-order valence-corrected chi connectivity index (χ1v) is 10.8. The van der Waals surface area contributed by atoms with Gasteiger partial charge in [-0.15, -0.1) is 0 Å². The molecule has 2 heterocycles. The molecule has 2 fully saturated rings. The molecular formula is C24H26N4O2. The Kier molecular flexibility index (Phi) is 5.09. The number of fused-ring (bicyclic) bond motifs is 1. The molecule has 1 N–H and O–H groups in total. The average molecular weight is 402 g/mol. The SMILES string of the molecule is O=C(NCCN1CCCC1)C(=O)c1ccc(-c2ccc3c(cnn3C3CC3)c2)cc1. The van der Waals surface area contributed by atoms with Crippen molar-refractivity contribution in [2.45, 2.75) is 31.7 Å². The fourth-order valence-corrected chi connectivity index (χ4v) is 4.20. The van der Waals surface area contributed by atoms with Gasteiger partial charge < -0.3 is 10.2 Å². The van der Waals surface area contributed by atoms with Crippen LogP contribution in [0.5, 0.6) is 0 Å². The predicted octanol–water partition coefficient (Wildman–Crippen LogP) is 3.43. The van der Waals surface area contributed by atoms with Crippen LogP contribution < -0.4 is 5.32 Å². The fraction of sp³-hybridized carbons (Fsp3) is 0.375. The molecule has 0 bridgehead atoms. The Morgan fingerprint density at radius 2 is 1.73 bits per heavy atom. The van der Waals surface area contributed by atoms with Crippen molar-refractivity contribution in [1.82, 2.24) is 20.0 Å². The number of likely N-dealkylation sites (tertiary alicyclic amines) is 1. The summed E-state index contributed by atoms with van der Waals surface area (Å²) in [5, 5.41) is 8.40. The van der Waals surface area contributed by atoms with E-state index in [9.17, 15) is 9.59 Å². The molecular weight excluding hydrogens is 376 g/mol. The molecule has 1 saturated heterocycles. The summed E-state index contributed by atoms with van der Waals surface area (Å²) < 4.78 is 2.11. The summed E-state index contributed by atoms with van der Waals surface area (Å²) in [4.78, 5) is 26.9. The molecule has 1 aromatic heterocycles. The van der Waals surface area contributed by atoms with Crippen LogP contribution in [0.1, 0.15) is 42.1 Å². The fourth-order valence-electron chi connectivity index (χ4n) is 4.20. The van der Waals surface area contributed by atoms with Crippen molar-refractivity contribution in [3.05, 3.63) is 54.2 Å². The van der Waals surface area contributed by atoms with E-state index >= 15 is 0 Å². The van der Waals surface area contributed by atoms with Crippen LogP contribution in [0.4, 0.5) is 0 Å². The number of aromatic nitrogens is 2. The van der Waals surface area contributed by atoms with Gasteiger partial charge in [0, 0.05) is 24.0 Å². The van der Waals surface area contributed by atoms with E-state index < -0.39 is 11.7 Å². The summed E-state index contributed by atoms with van der Waals surface area (Å²) in [5.41, 5.74) is 3.67. The van der Waals surface area contributed by atoms with Crippen molar-refractivity contribution in [1.29, 1.82) is 0 Å². The van der Waals surface area contributed by atoms with E-state index in [2.05, 4.69) is 38.2 Å². The van der Waals surface area contributed by atoms with Gasteiger partial charge in [0.2, 0.25) is 5.78 Å². The number of amides is 1. The molecule has 154 valence electrons. The maximum atomic E-state index is 12.4. The van der Waals surface area contributed by atoms with Gasteiger partial charge in [-0.2, -0.15) is 5.10 Å². The first-order valence-electron chi connectivity index (χ1n) is 10.8. The third-order valence-corrected chi connectivity index (χ3v) is 6.09. The first-order chi connectivity index (χ1) is 14.7. The Hall–Kier alpha value is -2.99. The van der Waals surface area contributed by atoms with Gasteiger partial charge in [0.1, 0.15) is 0 Å².